The third kappa shape index (κ3) is 3.12. The van der Waals surface area contributed by atoms with Gasteiger partial charge in [-0.05, 0) is 29.5 Å². The van der Waals surface area contributed by atoms with Crippen molar-refractivity contribution in [3.8, 4) is 5.75 Å². The van der Waals surface area contributed by atoms with Crippen LogP contribution in [0.15, 0.2) is 18.2 Å². The summed E-state index contributed by atoms with van der Waals surface area (Å²) in [6.07, 6.45) is 0.639. The molecule has 1 aliphatic rings. The monoisotopic (exact) mass is 277 g/mol. The van der Waals surface area contributed by atoms with Gasteiger partial charge in [-0.2, -0.15) is 0 Å². The van der Waals surface area contributed by atoms with Crippen molar-refractivity contribution in [2.24, 2.45) is 11.8 Å². The molecule has 0 aliphatic carbocycles. The molecule has 0 bridgehead atoms. The van der Waals surface area contributed by atoms with E-state index in [1.807, 2.05) is 23.1 Å². The fourth-order valence-corrected chi connectivity index (χ4v) is 2.66. The molecular formula is C16H23NO3. The number of carbonyl (C=O) groups excluding carboxylic acids is 1. The van der Waals surface area contributed by atoms with E-state index in [0.29, 0.717) is 24.8 Å². The van der Waals surface area contributed by atoms with Crippen molar-refractivity contribution >= 4 is 5.91 Å². The average molecular weight is 277 g/mol. The molecule has 1 amide bonds. The van der Waals surface area contributed by atoms with Crippen LogP contribution >= 0.6 is 0 Å². The number of ether oxygens (including phenoxy) is 1. The second kappa shape index (κ2) is 6.27. The summed E-state index contributed by atoms with van der Waals surface area (Å²) in [7, 11) is 1.63. The molecule has 1 heterocycles. The van der Waals surface area contributed by atoms with Crippen molar-refractivity contribution in [2.45, 2.75) is 33.4 Å². The first-order valence-electron chi connectivity index (χ1n) is 7.09. The van der Waals surface area contributed by atoms with Gasteiger partial charge in [-0.1, -0.05) is 19.9 Å². The van der Waals surface area contributed by atoms with Crippen molar-refractivity contribution in [1.82, 2.24) is 4.90 Å². The van der Waals surface area contributed by atoms with Crippen molar-refractivity contribution in [3.05, 3.63) is 29.3 Å². The maximum absolute atomic E-state index is 12.1. The van der Waals surface area contributed by atoms with Crippen molar-refractivity contribution in [2.75, 3.05) is 13.7 Å². The van der Waals surface area contributed by atoms with E-state index in [0.717, 1.165) is 23.4 Å². The Hall–Kier alpha value is -1.55. The third-order valence-corrected chi connectivity index (χ3v) is 4.08. The summed E-state index contributed by atoms with van der Waals surface area (Å²) in [6, 6.07) is 5.60. The summed E-state index contributed by atoms with van der Waals surface area (Å²) in [5.41, 5.74) is 1.80. The lowest BCUT2D eigenvalue weighted by atomic mass is 9.95. The number of methoxy groups -OCH3 is 1. The lowest BCUT2D eigenvalue weighted by molar-refractivity contribution is -0.128. The summed E-state index contributed by atoms with van der Waals surface area (Å²) < 4.78 is 5.35. The van der Waals surface area contributed by atoms with Crippen LogP contribution in [0.4, 0.5) is 0 Å². The van der Waals surface area contributed by atoms with Gasteiger partial charge in [-0.15, -0.1) is 0 Å². The molecule has 2 rings (SSSR count). The number of carbonyl (C=O) groups is 1. The highest BCUT2D eigenvalue weighted by molar-refractivity contribution is 5.78. The minimum Gasteiger partial charge on any atom is -0.496 e. The number of nitrogens with zero attached hydrogens (tertiary/aromatic N) is 1. The normalized spacial score (nSPS) is 18.9. The molecule has 1 fully saturated rings. The van der Waals surface area contributed by atoms with Gasteiger partial charge in [-0.25, -0.2) is 0 Å². The molecule has 1 unspecified atom stereocenters. The summed E-state index contributed by atoms with van der Waals surface area (Å²) >= 11 is 0. The lowest BCUT2D eigenvalue weighted by Gasteiger charge is -2.20. The number of likely N-dealkylation sites (tertiary alicyclic amines) is 1. The van der Waals surface area contributed by atoms with Gasteiger partial charge in [0.25, 0.3) is 0 Å². The minimum absolute atomic E-state index is 0.000437. The van der Waals surface area contributed by atoms with Crippen LogP contribution in [0.1, 0.15) is 31.4 Å². The number of aliphatic hydroxyl groups is 1. The van der Waals surface area contributed by atoms with Crippen LogP contribution < -0.4 is 4.74 Å². The summed E-state index contributed by atoms with van der Waals surface area (Å²) in [4.78, 5) is 14.0. The molecule has 0 radical (unpaired) electrons. The molecule has 110 valence electrons. The van der Waals surface area contributed by atoms with Gasteiger partial charge < -0.3 is 14.7 Å². The number of rotatable bonds is 5. The molecule has 20 heavy (non-hydrogen) atoms. The highest BCUT2D eigenvalue weighted by atomic mass is 16.5. The van der Waals surface area contributed by atoms with E-state index in [-0.39, 0.29) is 12.5 Å². The quantitative estimate of drug-likeness (QED) is 0.897. The zero-order valence-corrected chi connectivity index (χ0v) is 12.4. The van der Waals surface area contributed by atoms with E-state index in [1.165, 1.54) is 0 Å². The van der Waals surface area contributed by atoms with Gasteiger partial charge in [0.05, 0.1) is 13.7 Å². The van der Waals surface area contributed by atoms with Crippen LogP contribution in [-0.4, -0.2) is 29.6 Å². The van der Waals surface area contributed by atoms with E-state index in [4.69, 9.17) is 4.74 Å². The Kier molecular flexibility index (Phi) is 4.65. The van der Waals surface area contributed by atoms with Crippen LogP contribution in [0, 0.1) is 11.8 Å². The number of amides is 1. The summed E-state index contributed by atoms with van der Waals surface area (Å²) in [5, 5.41) is 9.23. The highest BCUT2D eigenvalue weighted by Crippen LogP contribution is 2.28. The van der Waals surface area contributed by atoms with Gasteiger partial charge in [0.15, 0.2) is 0 Å². The Morgan fingerprint density at radius 2 is 2.20 bits per heavy atom. The van der Waals surface area contributed by atoms with Crippen LogP contribution in [0.25, 0.3) is 0 Å². The Bertz CT molecular complexity index is 485. The van der Waals surface area contributed by atoms with E-state index >= 15 is 0 Å². The largest absolute Gasteiger partial charge is 0.496 e. The first-order chi connectivity index (χ1) is 9.55. The third-order valence-electron chi connectivity index (χ3n) is 4.08. The Balaban J connectivity index is 2.15. The number of aliphatic hydroxyl groups excluding tert-OH is 1. The fourth-order valence-electron chi connectivity index (χ4n) is 2.66. The number of hydrogen-bond donors (Lipinski definition) is 1. The maximum atomic E-state index is 12.1. The molecule has 1 aromatic carbocycles. The predicted octanol–water partition coefficient (Wildman–Crippen LogP) is 2.19. The standard InChI is InChI=1S/C16H23NO3/c1-11(2)13-7-16(19)17(8-13)9-14-6-12(10-18)4-5-15(14)20-3/h4-6,11,13,18H,7-10H2,1-3H3. The van der Waals surface area contributed by atoms with Crippen molar-refractivity contribution < 1.29 is 14.6 Å². The average Bonchev–Trinajstić information content (AvgIpc) is 2.80. The van der Waals surface area contributed by atoms with Crippen LogP contribution in [0.5, 0.6) is 5.75 Å². The lowest BCUT2D eigenvalue weighted by Crippen LogP contribution is -2.25. The maximum Gasteiger partial charge on any atom is 0.223 e. The van der Waals surface area contributed by atoms with E-state index in [1.54, 1.807) is 7.11 Å². The Morgan fingerprint density at radius 1 is 1.45 bits per heavy atom. The van der Waals surface area contributed by atoms with E-state index in [2.05, 4.69) is 13.8 Å². The number of benzene rings is 1. The van der Waals surface area contributed by atoms with Gasteiger partial charge >= 0.3 is 0 Å². The first kappa shape index (κ1) is 14.9. The molecule has 0 aromatic heterocycles. The second-order valence-electron chi connectivity index (χ2n) is 5.79. The minimum atomic E-state index is -0.000437. The predicted molar refractivity (Wildman–Crippen MR) is 77.3 cm³/mol. The molecule has 1 N–H and O–H groups in total. The Morgan fingerprint density at radius 3 is 2.75 bits per heavy atom. The van der Waals surface area contributed by atoms with Crippen LogP contribution in [0.2, 0.25) is 0 Å². The molecule has 1 atom stereocenters. The van der Waals surface area contributed by atoms with Gasteiger partial charge in [0, 0.05) is 25.1 Å². The molecule has 1 aromatic rings. The molecule has 0 spiro atoms. The van der Waals surface area contributed by atoms with Gasteiger partial charge in [-0.3, -0.25) is 4.79 Å². The Labute approximate surface area is 120 Å². The topological polar surface area (TPSA) is 49.8 Å². The molecule has 0 saturated carbocycles. The zero-order valence-electron chi connectivity index (χ0n) is 12.4. The smallest absolute Gasteiger partial charge is 0.223 e. The highest BCUT2D eigenvalue weighted by Gasteiger charge is 2.31. The molecular weight excluding hydrogens is 254 g/mol. The van der Waals surface area contributed by atoms with Crippen LogP contribution in [0.3, 0.4) is 0 Å². The summed E-state index contributed by atoms with van der Waals surface area (Å²) in [6.45, 7) is 5.68. The first-order valence-corrected chi connectivity index (χ1v) is 7.09. The van der Waals surface area contributed by atoms with Crippen LogP contribution in [-0.2, 0) is 17.9 Å². The SMILES string of the molecule is COc1ccc(CO)cc1CN1CC(C(C)C)CC1=O. The molecule has 4 heteroatoms. The van der Waals surface area contributed by atoms with Gasteiger partial charge in [0.1, 0.15) is 5.75 Å². The molecule has 1 aliphatic heterocycles. The molecule has 1 saturated heterocycles. The van der Waals surface area contributed by atoms with E-state index < -0.39 is 0 Å². The van der Waals surface area contributed by atoms with Gasteiger partial charge in [0.2, 0.25) is 5.91 Å². The number of hydrogen-bond acceptors (Lipinski definition) is 3. The van der Waals surface area contributed by atoms with Crippen molar-refractivity contribution in [3.63, 3.8) is 0 Å². The van der Waals surface area contributed by atoms with Crippen molar-refractivity contribution in [1.29, 1.82) is 0 Å². The molecule has 4 nitrogen and oxygen atoms in total. The summed E-state index contributed by atoms with van der Waals surface area (Å²) in [5.74, 6) is 1.94. The zero-order chi connectivity index (χ0) is 14.7. The second-order valence-corrected chi connectivity index (χ2v) is 5.79. The van der Waals surface area contributed by atoms with E-state index in [9.17, 15) is 9.90 Å². The fraction of sp³-hybridized carbons (Fsp3) is 0.562.